The summed E-state index contributed by atoms with van der Waals surface area (Å²) in [5.74, 6) is -0.980. The number of aryl methyl sites for hydroxylation is 1. The van der Waals surface area contributed by atoms with E-state index in [1.54, 1.807) is 12.1 Å². The van der Waals surface area contributed by atoms with Crippen LogP contribution in [0.4, 0.5) is 10.5 Å². The molecule has 0 saturated carbocycles. The van der Waals surface area contributed by atoms with E-state index in [0.29, 0.717) is 18.7 Å². The summed E-state index contributed by atoms with van der Waals surface area (Å²) in [5.41, 5.74) is 1.49. The van der Waals surface area contributed by atoms with E-state index in [1.165, 1.54) is 19.1 Å². The SMILES string of the molecule is C/C(=C\CCNC(=O)Nc1cc(C)ccc1O)C(=O)O. The molecule has 0 aromatic heterocycles. The Hall–Kier alpha value is -2.50. The fourth-order valence-electron chi connectivity index (χ4n) is 1.48. The first-order valence-corrected chi connectivity index (χ1v) is 6.14. The van der Waals surface area contributed by atoms with Gasteiger partial charge in [-0.25, -0.2) is 9.59 Å². The zero-order valence-corrected chi connectivity index (χ0v) is 11.4. The lowest BCUT2D eigenvalue weighted by molar-refractivity contribution is -0.132. The highest BCUT2D eigenvalue weighted by Crippen LogP contribution is 2.23. The van der Waals surface area contributed by atoms with Crippen LogP contribution in [0.15, 0.2) is 29.8 Å². The molecule has 0 heterocycles. The van der Waals surface area contributed by atoms with Crippen molar-refractivity contribution in [2.75, 3.05) is 11.9 Å². The fraction of sp³-hybridized carbons (Fsp3) is 0.286. The van der Waals surface area contributed by atoms with E-state index < -0.39 is 12.0 Å². The number of amides is 2. The van der Waals surface area contributed by atoms with Crippen LogP contribution in [0.3, 0.4) is 0 Å². The van der Waals surface area contributed by atoms with E-state index >= 15 is 0 Å². The normalized spacial score (nSPS) is 11.0. The van der Waals surface area contributed by atoms with E-state index in [2.05, 4.69) is 10.6 Å². The molecule has 0 aliphatic rings. The quantitative estimate of drug-likeness (QED) is 0.377. The van der Waals surface area contributed by atoms with Crippen LogP contribution in [0.1, 0.15) is 18.9 Å². The zero-order chi connectivity index (χ0) is 15.1. The number of carboxylic acids is 1. The molecule has 20 heavy (non-hydrogen) atoms. The third kappa shape index (κ3) is 5.01. The van der Waals surface area contributed by atoms with E-state index in [0.717, 1.165) is 5.56 Å². The van der Waals surface area contributed by atoms with Crippen LogP contribution in [-0.2, 0) is 4.79 Å². The largest absolute Gasteiger partial charge is 0.506 e. The van der Waals surface area contributed by atoms with Crippen molar-refractivity contribution in [3.63, 3.8) is 0 Å². The molecule has 6 nitrogen and oxygen atoms in total. The topological polar surface area (TPSA) is 98.7 Å². The van der Waals surface area contributed by atoms with Gasteiger partial charge in [0.1, 0.15) is 5.75 Å². The fourth-order valence-corrected chi connectivity index (χ4v) is 1.48. The lowest BCUT2D eigenvalue weighted by atomic mass is 10.2. The van der Waals surface area contributed by atoms with Crippen molar-refractivity contribution in [1.29, 1.82) is 0 Å². The summed E-state index contributed by atoms with van der Waals surface area (Å²) < 4.78 is 0. The number of anilines is 1. The van der Waals surface area contributed by atoms with Crippen LogP contribution in [0, 0.1) is 6.92 Å². The molecular weight excluding hydrogens is 260 g/mol. The number of hydrogen-bond acceptors (Lipinski definition) is 3. The summed E-state index contributed by atoms with van der Waals surface area (Å²) >= 11 is 0. The number of carbonyl (C=O) groups is 2. The van der Waals surface area contributed by atoms with Gasteiger partial charge in [-0.15, -0.1) is 0 Å². The van der Waals surface area contributed by atoms with Crippen LogP contribution in [0.5, 0.6) is 5.75 Å². The smallest absolute Gasteiger partial charge is 0.330 e. The molecule has 1 aromatic carbocycles. The summed E-state index contributed by atoms with van der Waals surface area (Å²) in [6.45, 7) is 3.65. The Kier molecular flexibility index (Phi) is 5.58. The summed E-state index contributed by atoms with van der Waals surface area (Å²) in [6.07, 6.45) is 1.96. The lowest BCUT2D eigenvalue weighted by Gasteiger charge is -2.09. The van der Waals surface area contributed by atoms with Crippen LogP contribution < -0.4 is 10.6 Å². The van der Waals surface area contributed by atoms with Gasteiger partial charge in [0.25, 0.3) is 0 Å². The van der Waals surface area contributed by atoms with E-state index in [4.69, 9.17) is 5.11 Å². The third-order valence-electron chi connectivity index (χ3n) is 2.62. The van der Waals surface area contributed by atoms with Crippen molar-refractivity contribution in [2.24, 2.45) is 0 Å². The number of carbonyl (C=O) groups excluding carboxylic acids is 1. The second-order valence-corrected chi connectivity index (χ2v) is 4.38. The molecule has 0 aliphatic carbocycles. The van der Waals surface area contributed by atoms with Gasteiger partial charge in [-0.05, 0) is 38.0 Å². The Morgan fingerprint density at radius 1 is 1.35 bits per heavy atom. The molecule has 0 fully saturated rings. The van der Waals surface area contributed by atoms with Gasteiger partial charge in [0.05, 0.1) is 5.69 Å². The number of carboxylic acid groups (broad SMARTS) is 1. The van der Waals surface area contributed by atoms with Crippen LogP contribution >= 0.6 is 0 Å². The minimum Gasteiger partial charge on any atom is -0.506 e. The second-order valence-electron chi connectivity index (χ2n) is 4.38. The number of benzene rings is 1. The number of hydrogen-bond donors (Lipinski definition) is 4. The molecule has 0 aliphatic heterocycles. The number of nitrogens with one attached hydrogen (secondary N) is 2. The number of urea groups is 1. The second kappa shape index (κ2) is 7.18. The highest BCUT2D eigenvalue weighted by Gasteiger charge is 2.05. The Bertz CT molecular complexity index is 538. The van der Waals surface area contributed by atoms with Crippen molar-refractivity contribution in [3.8, 4) is 5.75 Å². The van der Waals surface area contributed by atoms with Gasteiger partial charge >= 0.3 is 12.0 Å². The zero-order valence-electron chi connectivity index (χ0n) is 11.4. The maximum Gasteiger partial charge on any atom is 0.330 e. The van der Waals surface area contributed by atoms with Crippen molar-refractivity contribution < 1.29 is 19.8 Å². The molecule has 0 atom stereocenters. The molecule has 0 radical (unpaired) electrons. The average Bonchev–Trinajstić information content (AvgIpc) is 2.38. The minimum absolute atomic E-state index is 0.00707. The van der Waals surface area contributed by atoms with Crippen molar-refractivity contribution in [1.82, 2.24) is 5.32 Å². The highest BCUT2D eigenvalue weighted by molar-refractivity contribution is 5.91. The number of aliphatic carboxylic acids is 1. The van der Waals surface area contributed by atoms with Crippen LogP contribution in [0.2, 0.25) is 0 Å². The summed E-state index contributed by atoms with van der Waals surface area (Å²) in [6, 6.07) is 4.44. The molecule has 6 heteroatoms. The van der Waals surface area contributed by atoms with Crippen molar-refractivity contribution in [2.45, 2.75) is 20.3 Å². The van der Waals surface area contributed by atoms with Gasteiger partial charge in [0, 0.05) is 12.1 Å². The first kappa shape index (κ1) is 15.6. The maximum absolute atomic E-state index is 11.6. The third-order valence-corrected chi connectivity index (χ3v) is 2.62. The average molecular weight is 278 g/mol. The standard InChI is InChI=1S/C14H18N2O4/c1-9-5-6-12(17)11(8-9)16-14(20)15-7-3-4-10(2)13(18)19/h4-6,8,17H,3,7H2,1-2H3,(H,18,19)(H2,15,16,20)/b10-4+. The summed E-state index contributed by atoms with van der Waals surface area (Å²) in [5, 5.41) is 23.3. The van der Waals surface area contributed by atoms with Gasteiger partial charge < -0.3 is 20.8 Å². The Morgan fingerprint density at radius 3 is 2.70 bits per heavy atom. The number of phenolic OH excluding ortho intramolecular Hbond substituents is 1. The van der Waals surface area contributed by atoms with Gasteiger partial charge in [0.15, 0.2) is 0 Å². The van der Waals surface area contributed by atoms with Gasteiger partial charge in [-0.3, -0.25) is 0 Å². The molecule has 1 aromatic rings. The minimum atomic E-state index is -0.973. The number of rotatable bonds is 5. The van der Waals surface area contributed by atoms with Crippen LogP contribution in [-0.4, -0.2) is 28.8 Å². The first-order chi connectivity index (χ1) is 9.40. The van der Waals surface area contributed by atoms with Gasteiger partial charge in [-0.1, -0.05) is 12.1 Å². The molecule has 0 saturated heterocycles. The Morgan fingerprint density at radius 2 is 2.05 bits per heavy atom. The lowest BCUT2D eigenvalue weighted by Crippen LogP contribution is -2.29. The van der Waals surface area contributed by atoms with E-state index in [-0.39, 0.29) is 11.3 Å². The number of aromatic hydroxyl groups is 1. The molecular formula is C14H18N2O4. The molecule has 1 rings (SSSR count). The Balaban J connectivity index is 2.43. The predicted octanol–water partition coefficient (Wildman–Crippen LogP) is 2.24. The highest BCUT2D eigenvalue weighted by atomic mass is 16.4. The van der Waals surface area contributed by atoms with Gasteiger partial charge in [-0.2, -0.15) is 0 Å². The summed E-state index contributed by atoms with van der Waals surface area (Å²) in [7, 11) is 0. The molecule has 0 bridgehead atoms. The van der Waals surface area contributed by atoms with E-state index in [9.17, 15) is 14.7 Å². The number of phenols is 1. The first-order valence-electron chi connectivity index (χ1n) is 6.14. The van der Waals surface area contributed by atoms with Gasteiger partial charge in [0.2, 0.25) is 0 Å². The molecule has 0 spiro atoms. The molecule has 0 unspecified atom stereocenters. The molecule has 4 N–H and O–H groups in total. The van der Waals surface area contributed by atoms with Crippen molar-refractivity contribution in [3.05, 3.63) is 35.4 Å². The van der Waals surface area contributed by atoms with Crippen molar-refractivity contribution >= 4 is 17.7 Å². The monoisotopic (exact) mass is 278 g/mol. The Labute approximate surface area is 117 Å². The molecule has 108 valence electrons. The molecule has 2 amide bonds. The predicted molar refractivity (Wildman–Crippen MR) is 75.9 cm³/mol. The van der Waals surface area contributed by atoms with E-state index in [1.807, 2.05) is 6.92 Å². The van der Waals surface area contributed by atoms with Crippen LogP contribution in [0.25, 0.3) is 0 Å². The summed E-state index contributed by atoms with van der Waals surface area (Å²) in [4.78, 5) is 22.1. The maximum atomic E-state index is 11.6.